The van der Waals surface area contributed by atoms with E-state index in [-0.39, 0.29) is 18.4 Å². The highest BCUT2D eigenvalue weighted by Crippen LogP contribution is 2.28. The Balaban J connectivity index is 1.73. The molecule has 9 nitrogen and oxygen atoms in total. The van der Waals surface area contributed by atoms with E-state index < -0.39 is 0 Å². The highest BCUT2D eigenvalue weighted by atomic mass is 16.5. The van der Waals surface area contributed by atoms with Crippen LogP contribution >= 0.6 is 0 Å². The van der Waals surface area contributed by atoms with Crippen molar-refractivity contribution >= 4 is 17.6 Å². The van der Waals surface area contributed by atoms with Crippen LogP contribution in [0.4, 0.5) is 5.82 Å². The number of nitrogens with zero attached hydrogens (tertiary/aromatic N) is 3. The van der Waals surface area contributed by atoms with Gasteiger partial charge in [-0.1, -0.05) is 5.16 Å². The maximum absolute atomic E-state index is 13.2. The van der Waals surface area contributed by atoms with Crippen LogP contribution in [0.25, 0.3) is 0 Å². The Morgan fingerprint density at radius 2 is 1.93 bits per heavy atom. The van der Waals surface area contributed by atoms with Crippen LogP contribution in [-0.4, -0.2) is 73.7 Å². The van der Waals surface area contributed by atoms with Crippen LogP contribution in [-0.2, 0) is 4.79 Å². The van der Waals surface area contributed by atoms with Crippen LogP contribution in [0.3, 0.4) is 0 Å². The lowest BCUT2D eigenvalue weighted by atomic mass is 10.1. The van der Waals surface area contributed by atoms with Crippen molar-refractivity contribution < 1.29 is 23.6 Å². The number of aromatic nitrogens is 1. The first kappa shape index (κ1) is 20.7. The minimum atomic E-state index is -0.339. The van der Waals surface area contributed by atoms with Crippen molar-refractivity contribution in [2.45, 2.75) is 12.8 Å². The van der Waals surface area contributed by atoms with Crippen LogP contribution in [0.5, 0.6) is 11.5 Å². The molecule has 0 bridgehead atoms. The topological polar surface area (TPSA) is 97.1 Å². The fourth-order valence-electron chi connectivity index (χ4n) is 3.31. The summed E-state index contributed by atoms with van der Waals surface area (Å²) in [4.78, 5) is 29.4. The number of carbonyl (C=O) groups excluding carboxylic acids is 2. The van der Waals surface area contributed by atoms with Gasteiger partial charge in [0.25, 0.3) is 5.91 Å². The van der Waals surface area contributed by atoms with Gasteiger partial charge in [-0.25, -0.2) is 0 Å². The molecule has 1 aliphatic heterocycles. The van der Waals surface area contributed by atoms with E-state index >= 15 is 0 Å². The second-order valence-electron chi connectivity index (χ2n) is 6.78. The number of hydrogen-bond donors (Lipinski definition) is 1. The first-order chi connectivity index (χ1) is 14.1. The number of ether oxygens (including phenoxy) is 2. The molecule has 2 amide bonds. The Hall–Kier alpha value is -3.07. The molecule has 1 aromatic carbocycles. The Morgan fingerprint density at radius 3 is 2.59 bits per heavy atom. The molecule has 2 aromatic rings. The summed E-state index contributed by atoms with van der Waals surface area (Å²) >= 11 is 0. The minimum absolute atomic E-state index is 0.0894. The SMILES string of the molecule is COc1ccc(C(=O)N(CCN2CCCC2)CC(=O)Nc2ccon2)cc1OC. The lowest BCUT2D eigenvalue weighted by molar-refractivity contribution is -0.117. The number of benzene rings is 1. The fourth-order valence-corrected chi connectivity index (χ4v) is 3.31. The van der Waals surface area contributed by atoms with Crippen molar-refractivity contribution in [2.75, 3.05) is 52.3 Å². The first-order valence-electron chi connectivity index (χ1n) is 9.54. The highest BCUT2D eigenvalue weighted by Gasteiger charge is 2.22. The van der Waals surface area contributed by atoms with E-state index in [2.05, 4.69) is 15.4 Å². The van der Waals surface area contributed by atoms with Crippen molar-refractivity contribution in [1.82, 2.24) is 15.0 Å². The van der Waals surface area contributed by atoms with E-state index in [1.807, 2.05) is 0 Å². The number of nitrogens with one attached hydrogen (secondary N) is 1. The molecular weight excluding hydrogens is 376 g/mol. The zero-order chi connectivity index (χ0) is 20.6. The number of carbonyl (C=O) groups is 2. The molecule has 0 saturated carbocycles. The van der Waals surface area contributed by atoms with E-state index in [0.717, 1.165) is 32.5 Å². The lowest BCUT2D eigenvalue weighted by Gasteiger charge is -2.25. The van der Waals surface area contributed by atoms with E-state index in [1.54, 1.807) is 24.3 Å². The largest absolute Gasteiger partial charge is 0.493 e. The number of anilines is 1. The van der Waals surface area contributed by atoms with Crippen molar-refractivity contribution in [3.63, 3.8) is 0 Å². The summed E-state index contributed by atoms with van der Waals surface area (Å²) in [5, 5.41) is 6.30. The van der Waals surface area contributed by atoms with Gasteiger partial charge in [-0.3, -0.25) is 9.59 Å². The van der Waals surface area contributed by atoms with E-state index in [9.17, 15) is 9.59 Å². The summed E-state index contributed by atoms with van der Waals surface area (Å²) in [5.41, 5.74) is 0.429. The fraction of sp³-hybridized carbons (Fsp3) is 0.450. The van der Waals surface area contributed by atoms with Gasteiger partial charge in [-0.05, 0) is 44.1 Å². The van der Waals surface area contributed by atoms with Gasteiger partial charge < -0.3 is 29.1 Å². The molecule has 9 heteroatoms. The summed E-state index contributed by atoms with van der Waals surface area (Å²) in [6.07, 6.45) is 3.70. The first-order valence-corrected chi connectivity index (χ1v) is 9.54. The summed E-state index contributed by atoms with van der Waals surface area (Å²) in [6.45, 7) is 3.11. The molecule has 1 aromatic heterocycles. The average molecular weight is 402 g/mol. The molecule has 156 valence electrons. The summed E-state index contributed by atoms with van der Waals surface area (Å²) in [6, 6.07) is 6.52. The molecule has 1 fully saturated rings. The van der Waals surface area contributed by atoms with Gasteiger partial charge in [0, 0.05) is 24.7 Å². The smallest absolute Gasteiger partial charge is 0.254 e. The van der Waals surface area contributed by atoms with Crippen molar-refractivity contribution in [3.8, 4) is 11.5 Å². The molecule has 2 heterocycles. The second-order valence-corrected chi connectivity index (χ2v) is 6.78. The Bertz CT molecular complexity index is 818. The quantitative estimate of drug-likeness (QED) is 0.684. The van der Waals surface area contributed by atoms with Gasteiger partial charge >= 0.3 is 0 Å². The Morgan fingerprint density at radius 1 is 1.17 bits per heavy atom. The van der Waals surface area contributed by atoms with Gasteiger partial charge in [0.05, 0.1) is 14.2 Å². The van der Waals surface area contributed by atoms with Gasteiger partial charge in [0.2, 0.25) is 5.91 Å². The zero-order valence-electron chi connectivity index (χ0n) is 16.7. The van der Waals surface area contributed by atoms with Crippen molar-refractivity contribution in [3.05, 3.63) is 36.1 Å². The molecule has 1 saturated heterocycles. The van der Waals surface area contributed by atoms with Gasteiger partial charge in [-0.2, -0.15) is 0 Å². The highest BCUT2D eigenvalue weighted by molar-refractivity contribution is 5.99. The third-order valence-corrected chi connectivity index (χ3v) is 4.84. The predicted octanol–water partition coefficient (Wildman–Crippen LogP) is 1.87. The van der Waals surface area contributed by atoms with Crippen LogP contribution in [0.15, 0.2) is 35.1 Å². The zero-order valence-corrected chi connectivity index (χ0v) is 16.7. The van der Waals surface area contributed by atoms with E-state index in [4.69, 9.17) is 14.0 Å². The maximum Gasteiger partial charge on any atom is 0.254 e. The van der Waals surface area contributed by atoms with Crippen LogP contribution in [0.2, 0.25) is 0 Å². The lowest BCUT2D eigenvalue weighted by Crippen LogP contribution is -2.42. The second kappa shape index (κ2) is 9.92. The average Bonchev–Trinajstić information content (AvgIpc) is 3.44. The minimum Gasteiger partial charge on any atom is -0.493 e. The molecule has 1 N–H and O–H groups in total. The summed E-state index contributed by atoms with van der Waals surface area (Å²) in [7, 11) is 3.05. The standard InChI is InChI=1S/C20H26N4O5/c1-27-16-6-5-15(13-17(16)28-2)20(26)24(11-10-23-8-3-4-9-23)14-19(25)21-18-7-12-29-22-18/h5-7,12-13H,3-4,8-11,14H2,1-2H3,(H,21,22,25). The molecule has 3 rings (SSSR count). The number of amides is 2. The number of rotatable bonds is 9. The molecule has 0 aliphatic carbocycles. The molecule has 1 aliphatic rings. The van der Waals surface area contributed by atoms with Crippen LogP contribution in [0, 0.1) is 0 Å². The van der Waals surface area contributed by atoms with Crippen molar-refractivity contribution in [1.29, 1.82) is 0 Å². The van der Waals surface area contributed by atoms with Gasteiger partial charge in [0.1, 0.15) is 12.8 Å². The molecule has 0 spiro atoms. The normalized spacial score (nSPS) is 13.9. The molecule has 0 unspecified atom stereocenters. The molecule has 0 atom stereocenters. The molecular formula is C20H26N4O5. The number of hydrogen-bond acceptors (Lipinski definition) is 7. The van der Waals surface area contributed by atoms with E-state index in [1.165, 1.54) is 25.4 Å². The van der Waals surface area contributed by atoms with E-state index in [0.29, 0.717) is 29.4 Å². The molecule has 0 radical (unpaired) electrons. The van der Waals surface area contributed by atoms with Crippen LogP contribution in [0.1, 0.15) is 23.2 Å². The maximum atomic E-state index is 13.2. The Labute approximate surface area is 169 Å². The number of likely N-dealkylation sites (tertiary alicyclic amines) is 1. The van der Waals surface area contributed by atoms with Crippen molar-refractivity contribution in [2.24, 2.45) is 0 Å². The van der Waals surface area contributed by atoms with Crippen LogP contribution < -0.4 is 14.8 Å². The van der Waals surface area contributed by atoms with Gasteiger partial charge in [0.15, 0.2) is 17.3 Å². The third kappa shape index (κ3) is 5.47. The summed E-state index contributed by atoms with van der Waals surface area (Å²) < 4.78 is 15.3. The predicted molar refractivity (Wildman–Crippen MR) is 106 cm³/mol. The molecule has 29 heavy (non-hydrogen) atoms. The monoisotopic (exact) mass is 402 g/mol. The Kier molecular flexibility index (Phi) is 7.07. The van der Waals surface area contributed by atoms with Gasteiger partial charge in [-0.15, -0.1) is 0 Å². The third-order valence-electron chi connectivity index (χ3n) is 4.84. The summed E-state index contributed by atoms with van der Waals surface area (Å²) in [5.74, 6) is 0.726. The number of methoxy groups -OCH3 is 2.